The van der Waals surface area contributed by atoms with Crippen LogP contribution in [0.3, 0.4) is 0 Å². The molecule has 0 unspecified atom stereocenters. The molecule has 0 fully saturated rings. The van der Waals surface area contributed by atoms with Crippen LogP contribution < -0.4 is 0 Å². The topological polar surface area (TPSA) is 13.1 Å². The van der Waals surface area contributed by atoms with Gasteiger partial charge in [0, 0.05) is 6.42 Å². The van der Waals surface area contributed by atoms with Gasteiger partial charge in [0.15, 0.2) is 0 Å². The summed E-state index contributed by atoms with van der Waals surface area (Å²) in [7, 11) is 9.42. The molecule has 0 amide bonds. The third-order valence-electron chi connectivity index (χ3n) is 2.37. The van der Waals surface area contributed by atoms with Crippen LogP contribution in [0.25, 0.3) is 0 Å². The summed E-state index contributed by atoms with van der Waals surface area (Å²) in [6.07, 6.45) is 4.91. The van der Waals surface area contributed by atoms with E-state index < -0.39 is 0 Å². The number of allylic oxidation sites excluding steroid dienone is 1. The van der Waals surface area contributed by atoms with Crippen LogP contribution in [0.5, 0.6) is 0 Å². The molecule has 1 aromatic rings. The molecule has 1 heterocycles. The van der Waals surface area contributed by atoms with E-state index in [0.717, 1.165) is 23.5 Å². The molecule has 0 aliphatic heterocycles. The van der Waals surface area contributed by atoms with Gasteiger partial charge in [-0.25, -0.2) is 0 Å². The van der Waals surface area contributed by atoms with E-state index in [1.165, 1.54) is 0 Å². The van der Waals surface area contributed by atoms with Crippen molar-refractivity contribution in [2.45, 2.75) is 45.4 Å². The molecule has 0 bridgehead atoms. The van der Waals surface area contributed by atoms with Crippen molar-refractivity contribution in [3.05, 3.63) is 36.0 Å². The van der Waals surface area contributed by atoms with Crippen molar-refractivity contribution in [3.63, 3.8) is 0 Å². The van der Waals surface area contributed by atoms with E-state index in [1.54, 1.807) is 6.26 Å². The van der Waals surface area contributed by atoms with Gasteiger partial charge in [-0.05, 0) is 23.5 Å². The molecule has 0 saturated carbocycles. The molecule has 0 aliphatic carbocycles. The summed E-state index contributed by atoms with van der Waals surface area (Å²) in [4.78, 5) is 0. The van der Waals surface area contributed by atoms with E-state index in [0.29, 0.717) is 12.7 Å². The van der Waals surface area contributed by atoms with Crippen molar-refractivity contribution in [1.82, 2.24) is 0 Å². The van der Waals surface area contributed by atoms with Gasteiger partial charge in [0.05, 0.1) is 6.26 Å². The summed E-state index contributed by atoms with van der Waals surface area (Å²) in [5.74, 6) is 3.45. The average Bonchev–Trinajstić information content (AvgIpc) is 2.77. The summed E-state index contributed by atoms with van der Waals surface area (Å²) < 4.78 is 5.29. The average molecular weight is 354 g/mol. The molecular weight excluding hydrogens is 333 g/mol. The third-order valence-corrected chi connectivity index (χ3v) is 5.31. The zero-order valence-electron chi connectivity index (χ0n) is 11.2. The van der Waals surface area contributed by atoms with Gasteiger partial charge in [-0.15, -0.1) is 0 Å². The zero-order valence-corrected chi connectivity index (χ0v) is 14.6. The van der Waals surface area contributed by atoms with Crippen molar-refractivity contribution in [2.75, 3.05) is 0 Å². The van der Waals surface area contributed by atoms with Gasteiger partial charge in [0.25, 0.3) is 0 Å². The van der Waals surface area contributed by atoms with E-state index in [-0.39, 0.29) is 7.92 Å². The van der Waals surface area contributed by atoms with Crippen LogP contribution >= 0.6 is 28.3 Å². The molecular formula is C13H21Cl2NiOP. The van der Waals surface area contributed by atoms with Gasteiger partial charge < -0.3 is 4.42 Å². The number of hydrogen-bond donors (Lipinski definition) is 0. The Hall–Kier alpha value is 0.524. The first-order valence-corrected chi connectivity index (χ1v) is 10.1. The van der Waals surface area contributed by atoms with Gasteiger partial charge >= 0.3 is 33.0 Å². The maximum atomic E-state index is 5.29. The van der Waals surface area contributed by atoms with Crippen LogP contribution in [0.2, 0.25) is 0 Å². The Labute approximate surface area is 126 Å². The van der Waals surface area contributed by atoms with E-state index in [9.17, 15) is 0 Å². The van der Waals surface area contributed by atoms with Crippen molar-refractivity contribution in [1.29, 1.82) is 0 Å². The summed E-state index contributed by atoms with van der Waals surface area (Å²) in [5.41, 5.74) is 1.54. The SMILES string of the molecule is CC(C)P(C=CCc1ccco1)C(C)C.[Cl][Ni][Cl]. The van der Waals surface area contributed by atoms with Gasteiger partial charge in [0.1, 0.15) is 5.76 Å². The van der Waals surface area contributed by atoms with E-state index in [2.05, 4.69) is 39.6 Å². The second-order valence-corrected chi connectivity index (χ2v) is 9.24. The minimum atomic E-state index is 0.0173. The summed E-state index contributed by atoms with van der Waals surface area (Å²) in [5, 5.41) is 0. The summed E-state index contributed by atoms with van der Waals surface area (Å²) >= 11 is 0.569. The van der Waals surface area contributed by atoms with Gasteiger partial charge in [-0.1, -0.05) is 47.5 Å². The van der Waals surface area contributed by atoms with Gasteiger partial charge in [-0.3, -0.25) is 0 Å². The zero-order chi connectivity index (χ0) is 14.0. The van der Waals surface area contributed by atoms with Gasteiger partial charge in [-0.2, -0.15) is 0 Å². The molecule has 5 heteroatoms. The molecule has 1 nitrogen and oxygen atoms in total. The minimum absolute atomic E-state index is 0.0173. The van der Waals surface area contributed by atoms with E-state index in [4.69, 9.17) is 24.8 Å². The van der Waals surface area contributed by atoms with Crippen molar-refractivity contribution in [2.24, 2.45) is 0 Å². The molecule has 1 aromatic heterocycles. The second-order valence-electron chi connectivity index (χ2n) is 4.35. The predicted molar refractivity (Wildman–Crippen MR) is 80.5 cm³/mol. The van der Waals surface area contributed by atoms with E-state index >= 15 is 0 Å². The van der Waals surface area contributed by atoms with Crippen LogP contribution in [0.4, 0.5) is 0 Å². The summed E-state index contributed by atoms with van der Waals surface area (Å²) in [6.45, 7) is 9.23. The van der Waals surface area contributed by atoms with Crippen LogP contribution in [-0.2, 0) is 19.1 Å². The molecule has 18 heavy (non-hydrogen) atoms. The molecule has 0 radical (unpaired) electrons. The van der Waals surface area contributed by atoms with Crippen LogP contribution in [-0.4, -0.2) is 11.3 Å². The second kappa shape index (κ2) is 11.4. The Kier molecular flexibility index (Phi) is 11.7. The third kappa shape index (κ3) is 8.60. The monoisotopic (exact) mass is 352 g/mol. The Morgan fingerprint density at radius 2 is 1.83 bits per heavy atom. The van der Waals surface area contributed by atoms with Crippen molar-refractivity contribution >= 4 is 28.3 Å². The Bertz CT molecular complexity index is 305. The molecule has 108 valence electrons. The standard InChI is InChI=1S/C13H21OP.2ClH.Ni/c1-11(2)15(12(3)4)10-6-8-13-7-5-9-14-13;;;/h5-7,9-12H,8H2,1-4H3;2*1H;/q;;;+2/p-2. The Morgan fingerprint density at radius 3 is 2.22 bits per heavy atom. The molecule has 1 rings (SSSR count). The predicted octanol–water partition coefficient (Wildman–Crippen LogP) is 6.01. The van der Waals surface area contributed by atoms with Crippen LogP contribution in [0.1, 0.15) is 33.5 Å². The normalized spacial score (nSPS) is 11.6. The van der Waals surface area contributed by atoms with E-state index in [1.807, 2.05) is 12.1 Å². The van der Waals surface area contributed by atoms with Crippen LogP contribution in [0, 0.1) is 0 Å². The van der Waals surface area contributed by atoms with Gasteiger partial charge in [0.2, 0.25) is 0 Å². The first kappa shape index (κ1) is 18.5. The molecule has 0 spiro atoms. The number of rotatable bonds is 5. The number of hydrogen-bond acceptors (Lipinski definition) is 1. The first-order valence-electron chi connectivity index (χ1n) is 5.81. The number of halogens is 2. The Morgan fingerprint density at radius 1 is 1.28 bits per heavy atom. The molecule has 0 atom stereocenters. The maximum absolute atomic E-state index is 5.29. The van der Waals surface area contributed by atoms with Crippen molar-refractivity contribution in [3.8, 4) is 0 Å². The molecule has 0 aromatic carbocycles. The Balaban J connectivity index is 0.000000873. The fraction of sp³-hybridized carbons (Fsp3) is 0.538. The molecule has 0 aliphatic rings. The number of furan rings is 1. The first-order chi connectivity index (χ1) is 8.52. The quantitative estimate of drug-likeness (QED) is 0.466. The molecule has 0 N–H and O–H groups in total. The fourth-order valence-electron chi connectivity index (χ4n) is 1.66. The van der Waals surface area contributed by atoms with Crippen molar-refractivity contribution < 1.29 is 17.1 Å². The molecule has 0 saturated heterocycles. The summed E-state index contributed by atoms with van der Waals surface area (Å²) in [6, 6.07) is 3.97. The van der Waals surface area contributed by atoms with Crippen LogP contribution in [0.15, 0.2) is 34.7 Å². The fourth-order valence-corrected chi connectivity index (χ4v) is 3.89.